The predicted octanol–water partition coefficient (Wildman–Crippen LogP) is 2.69. The molecule has 1 N–H and O–H groups in total. The number of amides is 1. The number of carbonyl (C=O) groups excluding carboxylic acids is 1. The molecule has 2 heterocycles. The summed E-state index contributed by atoms with van der Waals surface area (Å²) in [7, 11) is 1.84. The van der Waals surface area contributed by atoms with Gasteiger partial charge in [-0.3, -0.25) is 9.78 Å². The topological polar surface area (TPSA) is 45.2 Å². The molecule has 19 heavy (non-hydrogen) atoms. The number of nitrogens with zero attached hydrogens (tertiary/aromatic N) is 2. The van der Waals surface area contributed by atoms with Crippen molar-refractivity contribution in [3.63, 3.8) is 0 Å². The largest absolute Gasteiger partial charge is 0.387 e. The van der Waals surface area contributed by atoms with Crippen LogP contribution in [-0.2, 0) is 0 Å². The Morgan fingerprint density at radius 1 is 1.47 bits per heavy atom. The minimum atomic E-state index is 0.0938. The van der Waals surface area contributed by atoms with Crippen LogP contribution < -0.4 is 5.32 Å². The standard InChI is InChI=1S/C15H23N3O/c1-10-5-6-18(12(3)7-10)15(19)13-9-17-11(2)8-14(13)16-4/h8-10,12H,5-7H2,1-4H3,(H,16,17). The maximum Gasteiger partial charge on any atom is 0.257 e. The molecule has 1 aliphatic rings. The van der Waals surface area contributed by atoms with Gasteiger partial charge in [-0.2, -0.15) is 0 Å². The van der Waals surface area contributed by atoms with E-state index in [0.29, 0.717) is 17.5 Å². The second-order valence-electron chi connectivity index (χ2n) is 5.60. The minimum Gasteiger partial charge on any atom is -0.387 e. The van der Waals surface area contributed by atoms with E-state index in [4.69, 9.17) is 0 Å². The van der Waals surface area contributed by atoms with Crippen LogP contribution in [0.5, 0.6) is 0 Å². The fourth-order valence-electron chi connectivity index (χ4n) is 2.80. The summed E-state index contributed by atoms with van der Waals surface area (Å²) < 4.78 is 0. The van der Waals surface area contributed by atoms with Crippen molar-refractivity contribution in [2.45, 2.75) is 39.7 Å². The van der Waals surface area contributed by atoms with Gasteiger partial charge in [-0.1, -0.05) is 6.92 Å². The lowest BCUT2D eigenvalue weighted by Gasteiger charge is -2.36. The SMILES string of the molecule is CNc1cc(C)ncc1C(=O)N1CCC(C)CC1C. The van der Waals surface area contributed by atoms with E-state index in [1.807, 2.05) is 24.9 Å². The Bertz CT molecular complexity index is 472. The van der Waals surface area contributed by atoms with E-state index in [1.165, 1.54) is 0 Å². The second kappa shape index (κ2) is 5.59. The molecule has 4 heteroatoms. The van der Waals surface area contributed by atoms with E-state index in [0.717, 1.165) is 30.8 Å². The van der Waals surface area contributed by atoms with Gasteiger partial charge >= 0.3 is 0 Å². The first-order valence-corrected chi connectivity index (χ1v) is 6.98. The molecule has 1 aliphatic heterocycles. The Hall–Kier alpha value is -1.58. The summed E-state index contributed by atoms with van der Waals surface area (Å²) in [5.41, 5.74) is 2.46. The molecule has 2 atom stereocenters. The zero-order chi connectivity index (χ0) is 14.0. The summed E-state index contributed by atoms with van der Waals surface area (Å²) >= 11 is 0. The van der Waals surface area contributed by atoms with E-state index >= 15 is 0 Å². The van der Waals surface area contributed by atoms with Crippen molar-refractivity contribution in [3.05, 3.63) is 23.5 Å². The number of likely N-dealkylation sites (tertiary alicyclic amines) is 1. The van der Waals surface area contributed by atoms with Crippen LogP contribution in [0.1, 0.15) is 42.7 Å². The summed E-state index contributed by atoms with van der Waals surface area (Å²) in [4.78, 5) is 18.9. The number of hydrogen-bond donors (Lipinski definition) is 1. The van der Waals surface area contributed by atoms with Gasteiger partial charge in [-0.25, -0.2) is 0 Å². The number of aryl methyl sites for hydroxylation is 1. The first kappa shape index (κ1) is 13.8. The summed E-state index contributed by atoms with van der Waals surface area (Å²) in [6.07, 6.45) is 3.86. The van der Waals surface area contributed by atoms with Gasteiger partial charge in [0, 0.05) is 31.5 Å². The van der Waals surface area contributed by atoms with Gasteiger partial charge in [0.1, 0.15) is 0 Å². The zero-order valence-corrected chi connectivity index (χ0v) is 12.2. The number of hydrogen-bond acceptors (Lipinski definition) is 3. The fourth-order valence-corrected chi connectivity index (χ4v) is 2.80. The first-order valence-electron chi connectivity index (χ1n) is 6.98. The third kappa shape index (κ3) is 2.88. The van der Waals surface area contributed by atoms with Gasteiger partial charge in [-0.05, 0) is 38.7 Å². The van der Waals surface area contributed by atoms with Gasteiger partial charge in [0.25, 0.3) is 5.91 Å². The molecule has 1 aromatic rings. The molecular weight excluding hydrogens is 238 g/mol. The number of pyridine rings is 1. The van der Waals surface area contributed by atoms with Crippen LogP contribution >= 0.6 is 0 Å². The quantitative estimate of drug-likeness (QED) is 0.890. The molecule has 1 fully saturated rings. The van der Waals surface area contributed by atoms with Crippen LogP contribution in [0.15, 0.2) is 12.3 Å². The van der Waals surface area contributed by atoms with E-state index in [2.05, 4.69) is 24.1 Å². The lowest BCUT2D eigenvalue weighted by Crippen LogP contribution is -2.44. The third-order valence-corrected chi connectivity index (χ3v) is 3.94. The molecule has 0 aromatic carbocycles. The van der Waals surface area contributed by atoms with Crippen molar-refractivity contribution < 1.29 is 4.79 Å². The summed E-state index contributed by atoms with van der Waals surface area (Å²) in [6, 6.07) is 2.23. The summed E-state index contributed by atoms with van der Waals surface area (Å²) in [6.45, 7) is 7.16. The van der Waals surface area contributed by atoms with Gasteiger partial charge in [0.2, 0.25) is 0 Å². The van der Waals surface area contributed by atoms with Crippen molar-refractivity contribution >= 4 is 11.6 Å². The smallest absolute Gasteiger partial charge is 0.257 e. The molecule has 0 saturated carbocycles. The lowest BCUT2D eigenvalue weighted by molar-refractivity contribution is 0.0589. The molecule has 0 aliphatic carbocycles. The molecule has 1 amide bonds. The Morgan fingerprint density at radius 2 is 2.21 bits per heavy atom. The number of rotatable bonds is 2. The summed E-state index contributed by atoms with van der Waals surface area (Å²) in [5.74, 6) is 0.801. The van der Waals surface area contributed by atoms with Crippen molar-refractivity contribution in [2.24, 2.45) is 5.92 Å². The summed E-state index contributed by atoms with van der Waals surface area (Å²) in [5, 5.41) is 3.09. The maximum absolute atomic E-state index is 12.7. The monoisotopic (exact) mass is 261 g/mol. The van der Waals surface area contributed by atoms with Gasteiger partial charge < -0.3 is 10.2 Å². The number of piperidine rings is 1. The Kier molecular flexibility index (Phi) is 4.08. The van der Waals surface area contributed by atoms with Crippen LogP contribution in [0.2, 0.25) is 0 Å². The first-order chi connectivity index (χ1) is 9.02. The number of nitrogens with one attached hydrogen (secondary N) is 1. The van der Waals surface area contributed by atoms with Gasteiger partial charge in [0.05, 0.1) is 11.3 Å². The fraction of sp³-hybridized carbons (Fsp3) is 0.600. The van der Waals surface area contributed by atoms with E-state index in [9.17, 15) is 4.79 Å². The van der Waals surface area contributed by atoms with Crippen molar-refractivity contribution in [2.75, 3.05) is 18.9 Å². The van der Waals surface area contributed by atoms with Gasteiger partial charge in [0.15, 0.2) is 0 Å². The Balaban J connectivity index is 2.24. The van der Waals surface area contributed by atoms with Crippen molar-refractivity contribution in [3.8, 4) is 0 Å². The highest BCUT2D eigenvalue weighted by Gasteiger charge is 2.28. The Morgan fingerprint density at radius 3 is 2.84 bits per heavy atom. The molecule has 2 unspecified atom stereocenters. The van der Waals surface area contributed by atoms with Crippen molar-refractivity contribution in [1.82, 2.24) is 9.88 Å². The van der Waals surface area contributed by atoms with Crippen LogP contribution in [0, 0.1) is 12.8 Å². The molecule has 104 valence electrons. The van der Waals surface area contributed by atoms with Crippen LogP contribution in [0.4, 0.5) is 5.69 Å². The van der Waals surface area contributed by atoms with Gasteiger partial charge in [-0.15, -0.1) is 0 Å². The second-order valence-corrected chi connectivity index (χ2v) is 5.60. The highest BCUT2D eigenvalue weighted by molar-refractivity contribution is 5.99. The molecule has 0 radical (unpaired) electrons. The molecule has 0 bridgehead atoms. The van der Waals surface area contributed by atoms with Crippen molar-refractivity contribution in [1.29, 1.82) is 0 Å². The molecule has 1 saturated heterocycles. The number of aromatic nitrogens is 1. The lowest BCUT2D eigenvalue weighted by atomic mass is 9.93. The molecule has 2 rings (SSSR count). The average molecular weight is 261 g/mol. The number of carbonyl (C=O) groups is 1. The molecular formula is C15H23N3O. The number of anilines is 1. The van der Waals surface area contributed by atoms with Crippen LogP contribution in [-0.4, -0.2) is 35.4 Å². The zero-order valence-electron chi connectivity index (χ0n) is 12.2. The predicted molar refractivity (Wildman–Crippen MR) is 77.4 cm³/mol. The molecule has 4 nitrogen and oxygen atoms in total. The molecule has 0 spiro atoms. The van der Waals surface area contributed by atoms with E-state index in [1.54, 1.807) is 6.20 Å². The maximum atomic E-state index is 12.7. The minimum absolute atomic E-state index is 0.0938. The van der Waals surface area contributed by atoms with E-state index in [-0.39, 0.29) is 5.91 Å². The highest BCUT2D eigenvalue weighted by Crippen LogP contribution is 2.25. The normalized spacial score (nSPS) is 23.3. The van der Waals surface area contributed by atoms with Crippen LogP contribution in [0.3, 0.4) is 0 Å². The van der Waals surface area contributed by atoms with E-state index < -0.39 is 0 Å². The average Bonchev–Trinajstić information content (AvgIpc) is 2.37. The molecule has 1 aromatic heterocycles. The Labute approximate surface area is 115 Å². The van der Waals surface area contributed by atoms with Crippen LogP contribution in [0.25, 0.3) is 0 Å². The highest BCUT2D eigenvalue weighted by atomic mass is 16.2. The third-order valence-electron chi connectivity index (χ3n) is 3.94.